The average molecular weight is 505 g/mol. The normalized spacial score (nSPS) is 12.2. The van der Waals surface area contributed by atoms with Crippen molar-refractivity contribution in [2.24, 2.45) is 0 Å². The van der Waals surface area contributed by atoms with Crippen molar-refractivity contribution in [3.8, 4) is 17.2 Å². The second-order valence-corrected chi connectivity index (χ2v) is 13.6. The number of phenols is 3. The number of hydrogen-bond acceptors (Lipinski definition) is 3. The van der Waals surface area contributed by atoms with Crippen molar-refractivity contribution < 1.29 is 15.3 Å². The highest BCUT2D eigenvalue weighted by atomic mass is 16.3. The van der Waals surface area contributed by atoms with Crippen LogP contribution in [0.25, 0.3) is 0 Å². The quantitative estimate of drug-likeness (QED) is 0.326. The highest BCUT2D eigenvalue weighted by Gasteiger charge is 2.24. The van der Waals surface area contributed by atoms with E-state index < -0.39 is 0 Å². The van der Waals surface area contributed by atoms with Gasteiger partial charge < -0.3 is 15.3 Å². The molecule has 3 aromatic rings. The van der Waals surface area contributed by atoms with Crippen molar-refractivity contribution in [3.63, 3.8) is 0 Å². The van der Waals surface area contributed by atoms with Crippen LogP contribution in [0, 0.1) is 20.8 Å². The van der Waals surface area contributed by atoms with Crippen molar-refractivity contribution in [1.29, 1.82) is 0 Å². The van der Waals surface area contributed by atoms with Crippen molar-refractivity contribution in [3.05, 3.63) is 87.0 Å². The van der Waals surface area contributed by atoms with Gasteiger partial charge in [-0.1, -0.05) is 110 Å². The van der Waals surface area contributed by atoms with Gasteiger partial charge in [-0.05, 0) is 76.5 Å². The molecule has 3 heteroatoms. The maximum absolute atomic E-state index is 10.8. The molecule has 0 radical (unpaired) electrons. The van der Waals surface area contributed by atoms with Gasteiger partial charge in [-0.25, -0.2) is 0 Å². The summed E-state index contributed by atoms with van der Waals surface area (Å²) in [5.74, 6) is 1.09. The fourth-order valence-corrected chi connectivity index (χ4v) is 4.60. The van der Waals surface area contributed by atoms with Gasteiger partial charge in [0.15, 0.2) is 0 Å². The number of benzene rings is 3. The average Bonchev–Trinajstić information content (AvgIpc) is 2.70. The molecule has 3 aromatic carbocycles. The molecule has 0 aliphatic heterocycles. The van der Waals surface area contributed by atoms with Gasteiger partial charge in [0, 0.05) is 6.42 Å². The molecule has 0 heterocycles. The summed E-state index contributed by atoms with van der Waals surface area (Å²) in [7, 11) is 0. The van der Waals surface area contributed by atoms with Crippen LogP contribution in [0.4, 0.5) is 0 Å². The van der Waals surface area contributed by atoms with Gasteiger partial charge in [0.25, 0.3) is 0 Å². The van der Waals surface area contributed by atoms with E-state index in [1.807, 2.05) is 31.2 Å². The zero-order chi connectivity index (χ0) is 28.5. The van der Waals surface area contributed by atoms with Crippen molar-refractivity contribution in [2.45, 2.75) is 106 Å². The summed E-state index contributed by atoms with van der Waals surface area (Å²) < 4.78 is 0. The number of hydrogen-bond donors (Lipinski definition) is 3. The maximum Gasteiger partial charge on any atom is 0.122 e. The molecular formula is C34H48O3. The fourth-order valence-electron chi connectivity index (χ4n) is 4.60. The van der Waals surface area contributed by atoms with E-state index in [0.717, 1.165) is 44.5 Å². The minimum Gasteiger partial charge on any atom is -0.508 e. The fraction of sp³-hybridized carbons (Fsp3) is 0.471. The first-order valence-electron chi connectivity index (χ1n) is 13.2. The zero-order valence-electron chi connectivity index (χ0n) is 25.1. The third-order valence-electron chi connectivity index (χ3n) is 6.62. The van der Waals surface area contributed by atoms with Gasteiger partial charge in [0.05, 0.1) is 0 Å². The topological polar surface area (TPSA) is 60.7 Å². The van der Waals surface area contributed by atoms with E-state index in [9.17, 15) is 15.3 Å². The molecule has 0 spiro atoms. The van der Waals surface area contributed by atoms with Crippen LogP contribution in [0.3, 0.4) is 0 Å². The second kappa shape index (κ2) is 10.8. The Hall–Kier alpha value is -2.94. The third-order valence-corrected chi connectivity index (χ3v) is 6.62. The zero-order valence-corrected chi connectivity index (χ0v) is 25.1. The summed E-state index contributed by atoms with van der Waals surface area (Å²) in [4.78, 5) is 0. The lowest BCUT2D eigenvalue weighted by atomic mass is 9.81. The molecule has 0 amide bonds. The van der Waals surface area contributed by atoms with Crippen LogP contribution in [0.2, 0.25) is 0 Å². The van der Waals surface area contributed by atoms with E-state index in [-0.39, 0.29) is 16.2 Å². The summed E-state index contributed by atoms with van der Waals surface area (Å²) in [6, 6.07) is 14.0. The van der Waals surface area contributed by atoms with Crippen LogP contribution < -0.4 is 0 Å². The number of aryl methyl sites for hydroxylation is 3. The monoisotopic (exact) mass is 504 g/mol. The Labute approximate surface area is 225 Å². The summed E-state index contributed by atoms with van der Waals surface area (Å²) >= 11 is 0. The molecule has 3 rings (SSSR count). The molecule has 3 nitrogen and oxygen atoms in total. The molecule has 0 saturated heterocycles. The Morgan fingerprint density at radius 1 is 0.486 bits per heavy atom. The Morgan fingerprint density at radius 3 is 1.19 bits per heavy atom. The summed E-state index contributed by atoms with van der Waals surface area (Å²) in [6.07, 6.45) is 0.521. The first-order valence-corrected chi connectivity index (χ1v) is 13.2. The first-order chi connectivity index (χ1) is 16.7. The maximum atomic E-state index is 10.8. The van der Waals surface area contributed by atoms with Crippen LogP contribution in [0.15, 0.2) is 42.5 Å². The Kier molecular flexibility index (Phi) is 8.85. The predicted octanol–water partition coefficient (Wildman–Crippen LogP) is 8.90. The number of aromatic hydroxyl groups is 3. The number of phenolic OH excluding ortho intramolecular Hbond substituents is 3. The van der Waals surface area contributed by atoms with Gasteiger partial charge in [-0.15, -0.1) is 0 Å². The van der Waals surface area contributed by atoms with Crippen LogP contribution in [-0.4, -0.2) is 15.3 Å². The SMILES string of the molecule is Cc1cc(Cc2cc(C)cc(C(C)(C)C)c2O)c(O)c(C(C)(C)C)c1.Cc1ccc(C(C)(C)C)c(O)c1. The van der Waals surface area contributed by atoms with E-state index in [0.29, 0.717) is 23.7 Å². The lowest BCUT2D eigenvalue weighted by Crippen LogP contribution is -2.14. The molecule has 0 bridgehead atoms. The van der Waals surface area contributed by atoms with Crippen molar-refractivity contribution in [2.75, 3.05) is 0 Å². The second-order valence-electron chi connectivity index (χ2n) is 13.6. The van der Waals surface area contributed by atoms with Crippen molar-refractivity contribution in [1.82, 2.24) is 0 Å². The molecule has 0 fully saturated rings. The Balaban J connectivity index is 0.000000335. The van der Waals surface area contributed by atoms with E-state index in [1.54, 1.807) is 6.07 Å². The van der Waals surface area contributed by atoms with Crippen LogP contribution in [0.1, 0.15) is 107 Å². The van der Waals surface area contributed by atoms with Gasteiger partial charge in [-0.3, -0.25) is 0 Å². The highest BCUT2D eigenvalue weighted by molar-refractivity contribution is 5.53. The van der Waals surface area contributed by atoms with E-state index in [1.165, 1.54) is 0 Å². The summed E-state index contributed by atoms with van der Waals surface area (Å²) in [5, 5.41) is 31.3. The molecule has 0 aliphatic rings. The molecular weight excluding hydrogens is 456 g/mol. The van der Waals surface area contributed by atoms with Crippen molar-refractivity contribution >= 4 is 0 Å². The molecule has 0 aromatic heterocycles. The molecule has 37 heavy (non-hydrogen) atoms. The smallest absolute Gasteiger partial charge is 0.122 e. The largest absolute Gasteiger partial charge is 0.508 e. The highest BCUT2D eigenvalue weighted by Crippen LogP contribution is 2.39. The molecule has 0 aliphatic carbocycles. The lowest BCUT2D eigenvalue weighted by molar-refractivity contribution is 0.435. The summed E-state index contributed by atoms with van der Waals surface area (Å²) in [6.45, 7) is 25.0. The molecule has 0 saturated carbocycles. The molecule has 0 atom stereocenters. The van der Waals surface area contributed by atoms with Gasteiger partial charge in [0.2, 0.25) is 0 Å². The van der Waals surface area contributed by atoms with E-state index in [2.05, 4.69) is 88.3 Å². The minimum atomic E-state index is -0.129. The standard InChI is InChI=1S/C23H32O2.C11H16O/c1-14-9-16(20(24)18(11-14)22(3,4)5)13-17-10-15(2)12-19(21(17)25)23(6,7)8;1-8-5-6-9(10(12)7-8)11(2,3)4/h9-12,24-25H,13H2,1-8H3;5-7,12H,1-4H3. The molecule has 3 N–H and O–H groups in total. The van der Waals surface area contributed by atoms with Gasteiger partial charge in [-0.2, -0.15) is 0 Å². The van der Waals surface area contributed by atoms with Crippen LogP contribution >= 0.6 is 0 Å². The van der Waals surface area contributed by atoms with Gasteiger partial charge >= 0.3 is 0 Å². The minimum absolute atomic E-state index is 0.0256. The van der Waals surface area contributed by atoms with E-state index >= 15 is 0 Å². The van der Waals surface area contributed by atoms with E-state index in [4.69, 9.17) is 0 Å². The molecule has 202 valence electrons. The van der Waals surface area contributed by atoms with Gasteiger partial charge in [0.1, 0.15) is 17.2 Å². The van der Waals surface area contributed by atoms with Crippen LogP contribution in [0.5, 0.6) is 17.2 Å². The summed E-state index contributed by atoms with van der Waals surface area (Å²) in [5.41, 5.74) is 7.76. The lowest BCUT2D eigenvalue weighted by Gasteiger charge is -2.25. The third kappa shape index (κ3) is 7.77. The van der Waals surface area contributed by atoms with Crippen LogP contribution in [-0.2, 0) is 22.7 Å². The number of rotatable bonds is 2. The predicted molar refractivity (Wildman–Crippen MR) is 157 cm³/mol. The first kappa shape index (κ1) is 30.3. The molecule has 0 unspecified atom stereocenters. The Morgan fingerprint density at radius 2 is 0.865 bits per heavy atom. The Bertz CT molecular complexity index is 1180.